The van der Waals surface area contributed by atoms with Crippen LogP contribution in [0.1, 0.15) is 44.9 Å². The van der Waals surface area contributed by atoms with Crippen molar-refractivity contribution in [1.82, 2.24) is 9.97 Å². The first-order chi connectivity index (χ1) is 8.30. The summed E-state index contributed by atoms with van der Waals surface area (Å²) in [4.78, 5) is 8.98. The molecule has 0 bridgehead atoms. The van der Waals surface area contributed by atoms with Crippen LogP contribution in [0.3, 0.4) is 0 Å². The van der Waals surface area contributed by atoms with Gasteiger partial charge in [-0.1, -0.05) is 6.92 Å². The first-order valence-corrected chi connectivity index (χ1v) is 6.43. The highest BCUT2D eigenvalue weighted by Gasteiger charge is 2.38. The molecule has 4 nitrogen and oxygen atoms in total. The van der Waals surface area contributed by atoms with Crippen molar-refractivity contribution in [3.63, 3.8) is 0 Å². The molecule has 94 valence electrons. The summed E-state index contributed by atoms with van der Waals surface area (Å²) < 4.78 is 5.69. The Morgan fingerprint density at radius 1 is 1.41 bits per heavy atom. The van der Waals surface area contributed by atoms with Crippen LogP contribution in [-0.4, -0.2) is 23.6 Å². The Labute approximate surface area is 103 Å². The first kappa shape index (κ1) is 12.3. The molecule has 17 heavy (non-hydrogen) atoms. The smallest absolute Gasteiger partial charge is 0.162 e. The van der Waals surface area contributed by atoms with E-state index in [1.165, 1.54) is 12.8 Å². The average Bonchev–Trinajstić information content (AvgIpc) is 2.87. The maximum atomic E-state index is 5.69. The zero-order valence-corrected chi connectivity index (χ0v) is 10.7. The minimum atomic E-state index is -0.246. The summed E-state index contributed by atoms with van der Waals surface area (Å²) in [5, 5.41) is 3.29. The molecule has 1 N–H and O–H groups in total. The van der Waals surface area contributed by atoms with Crippen LogP contribution in [-0.2, 0) is 10.3 Å². The predicted octanol–water partition coefficient (Wildman–Crippen LogP) is 2.71. The van der Waals surface area contributed by atoms with E-state index in [1.807, 2.05) is 12.3 Å². The molecule has 1 aliphatic carbocycles. The molecule has 0 unspecified atom stereocenters. The van der Waals surface area contributed by atoms with Crippen molar-refractivity contribution >= 4 is 5.82 Å². The molecule has 0 atom stereocenters. The highest BCUT2D eigenvalue weighted by molar-refractivity contribution is 5.33. The van der Waals surface area contributed by atoms with E-state index in [-0.39, 0.29) is 5.60 Å². The Hall–Kier alpha value is -1.16. The Balaban J connectivity index is 2.19. The Bertz CT molecular complexity index is 361. The fourth-order valence-corrected chi connectivity index (χ4v) is 2.39. The van der Waals surface area contributed by atoms with Crippen molar-refractivity contribution in [3.05, 3.63) is 18.1 Å². The fraction of sp³-hybridized carbons (Fsp3) is 0.692. The molecule has 0 spiro atoms. The summed E-state index contributed by atoms with van der Waals surface area (Å²) in [7, 11) is 1.76. The summed E-state index contributed by atoms with van der Waals surface area (Å²) in [6, 6.07) is 1.91. The molecule has 0 aromatic carbocycles. The van der Waals surface area contributed by atoms with Crippen molar-refractivity contribution in [2.75, 3.05) is 19.0 Å². The third-order valence-corrected chi connectivity index (χ3v) is 3.42. The van der Waals surface area contributed by atoms with Gasteiger partial charge in [-0.2, -0.15) is 0 Å². The standard InChI is InChI=1S/C13H21N3O/c1-3-9-14-11-6-10-15-12(16-11)13(17-2)7-4-5-8-13/h6,10H,3-5,7-9H2,1-2H3,(H,14,15,16). The summed E-state index contributed by atoms with van der Waals surface area (Å²) >= 11 is 0. The van der Waals surface area contributed by atoms with Crippen LogP contribution in [0.5, 0.6) is 0 Å². The highest BCUT2D eigenvalue weighted by Crippen LogP contribution is 2.39. The second-order valence-electron chi connectivity index (χ2n) is 4.60. The van der Waals surface area contributed by atoms with Crippen LogP contribution in [0, 0.1) is 0 Å². The van der Waals surface area contributed by atoms with E-state index in [0.29, 0.717) is 0 Å². The van der Waals surface area contributed by atoms with E-state index < -0.39 is 0 Å². The van der Waals surface area contributed by atoms with Crippen LogP contribution in [0.15, 0.2) is 12.3 Å². The lowest BCUT2D eigenvalue weighted by Gasteiger charge is -2.25. The third kappa shape index (κ3) is 2.57. The molecule has 1 aromatic rings. The van der Waals surface area contributed by atoms with Crippen molar-refractivity contribution < 1.29 is 4.74 Å². The zero-order chi connectivity index (χ0) is 12.1. The molecule has 0 radical (unpaired) electrons. The molecule has 1 saturated carbocycles. The summed E-state index contributed by atoms with van der Waals surface area (Å²) in [6.45, 7) is 3.08. The van der Waals surface area contributed by atoms with Crippen LogP contribution >= 0.6 is 0 Å². The number of ether oxygens (including phenoxy) is 1. The van der Waals surface area contributed by atoms with E-state index in [0.717, 1.165) is 37.4 Å². The first-order valence-electron chi connectivity index (χ1n) is 6.43. The monoisotopic (exact) mass is 235 g/mol. The van der Waals surface area contributed by atoms with Crippen molar-refractivity contribution in [1.29, 1.82) is 0 Å². The number of methoxy groups -OCH3 is 1. The number of aromatic nitrogens is 2. The predicted molar refractivity (Wildman–Crippen MR) is 68.0 cm³/mol. The Kier molecular flexibility index (Phi) is 3.94. The van der Waals surface area contributed by atoms with Crippen molar-refractivity contribution in [2.45, 2.75) is 44.6 Å². The van der Waals surface area contributed by atoms with Gasteiger partial charge in [0.15, 0.2) is 5.82 Å². The number of rotatable bonds is 5. The molecule has 1 heterocycles. The summed E-state index contributed by atoms with van der Waals surface area (Å²) in [5.74, 6) is 1.73. The quantitative estimate of drug-likeness (QED) is 0.852. The second-order valence-corrected chi connectivity index (χ2v) is 4.60. The van der Waals surface area contributed by atoms with Gasteiger partial charge < -0.3 is 10.1 Å². The van der Waals surface area contributed by atoms with Gasteiger partial charge >= 0.3 is 0 Å². The lowest BCUT2D eigenvalue weighted by atomic mass is 10.0. The van der Waals surface area contributed by atoms with Gasteiger partial charge in [0.1, 0.15) is 11.4 Å². The van der Waals surface area contributed by atoms with Crippen molar-refractivity contribution in [3.8, 4) is 0 Å². The van der Waals surface area contributed by atoms with E-state index in [9.17, 15) is 0 Å². The third-order valence-electron chi connectivity index (χ3n) is 3.42. The maximum Gasteiger partial charge on any atom is 0.162 e. The maximum absolute atomic E-state index is 5.69. The molecule has 1 aromatic heterocycles. The van der Waals surface area contributed by atoms with E-state index in [2.05, 4.69) is 22.2 Å². The number of hydrogen-bond donors (Lipinski definition) is 1. The normalized spacial score (nSPS) is 18.2. The van der Waals surface area contributed by atoms with Crippen LogP contribution < -0.4 is 5.32 Å². The van der Waals surface area contributed by atoms with Gasteiger partial charge in [0, 0.05) is 19.9 Å². The second kappa shape index (κ2) is 5.45. The molecular formula is C13H21N3O. The molecular weight excluding hydrogens is 214 g/mol. The van der Waals surface area contributed by atoms with Gasteiger partial charge in [0.05, 0.1) is 0 Å². The van der Waals surface area contributed by atoms with Crippen molar-refractivity contribution in [2.24, 2.45) is 0 Å². The van der Waals surface area contributed by atoms with E-state index >= 15 is 0 Å². The minimum Gasteiger partial charge on any atom is -0.370 e. The minimum absolute atomic E-state index is 0.246. The van der Waals surface area contributed by atoms with E-state index in [1.54, 1.807) is 7.11 Å². The number of anilines is 1. The van der Waals surface area contributed by atoms with Crippen LogP contribution in [0.2, 0.25) is 0 Å². The zero-order valence-electron chi connectivity index (χ0n) is 10.7. The van der Waals surface area contributed by atoms with E-state index in [4.69, 9.17) is 4.74 Å². The fourth-order valence-electron chi connectivity index (χ4n) is 2.39. The Morgan fingerprint density at radius 3 is 2.82 bits per heavy atom. The summed E-state index contributed by atoms with van der Waals surface area (Å²) in [5.41, 5.74) is -0.246. The molecule has 0 amide bonds. The van der Waals surface area contributed by atoms with Gasteiger partial charge in [0.25, 0.3) is 0 Å². The lowest BCUT2D eigenvalue weighted by molar-refractivity contribution is -0.0162. The van der Waals surface area contributed by atoms with Gasteiger partial charge in [-0.3, -0.25) is 0 Å². The SMILES string of the molecule is CCCNc1ccnc(C2(OC)CCCC2)n1. The largest absolute Gasteiger partial charge is 0.370 e. The molecule has 1 aliphatic rings. The molecule has 4 heteroatoms. The molecule has 0 aliphatic heterocycles. The van der Waals surface area contributed by atoms with Crippen LogP contribution in [0.4, 0.5) is 5.82 Å². The summed E-state index contributed by atoms with van der Waals surface area (Å²) in [6.07, 6.45) is 7.36. The lowest BCUT2D eigenvalue weighted by Crippen LogP contribution is -2.27. The topological polar surface area (TPSA) is 47.0 Å². The number of nitrogens with zero attached hydrogens (tertiary/aromatic N) is 2. The van der Waals surface area contributed by atoms with Gasteiger partial charge in [-0.25, -0.2) is 9.97 Å². The van der Waals surface area contributed by atoms with Gasteiger partial charge in [0.2, 0.25) is 0 Å². The van der Waals surface area contributed by atoms with Gasteiger partial charge in [-0.05, 0) is 38.2 Å². The molecule has 0 saturated heterocycles. The average molecular weight is 235 g/mol. The Morgan fingerprint density at radius 2 is 2.18 bits per heavy atom. The molecule has 1 fully saturated rings. The van der Waals surface area contributed by atoms with Gasteiger partial charge in [-0.15, -0.1) is 0 Å². The number of nitrogens with one attached hydrogen (secondary N) is 1. The highest BCUT2D eigenvalue weighted by atomic mass is 16.5. The molecule has 2 rings (SSSR count). The number of hydrogen-bond acceptors (Lipinski definition) is 4. The van der Waals surface area contributed by atoms with Crippen LogP contribution in [0.25, 0.3) is 0 Å².